The first-order chi connectivity index (χ1) is 10.1. The predicted molar refractivity (Wildman–Crippen MR) is 78.6 cm³/mol. The van der Waals surface area contributed by atoms with Gasteiger partial charge in [-0.3, -0.25) is 9.48 Å². The third-order valence-corrected chi connectivity index (χ3v) is 3.47. The summed E-state index contributed by atoms with van der Waals surface area (Å²) in [4.78, 5) is 12.3. The Kier molecular flexibility index (Phi) is 3.25. The summed E-state index contributed by atoms with van der Waals surface area (Å²) in [5.41, 5.74) is 2.32. The van der Waals surface area contributed by atoms with Gasteiger partial charge in [-0.05, 0) is 32.1 Å². The van der Waals surface area contributed by atoms with Gasteiger partial charge in [0.25, 0.3) is 0 Å². The number of benzene rings is 1. The number of aryl methyl sites for hydroxylation is 2. The van der Waals surface area contributed by atoms with Crippen LogP contribution in [0.25, 0.3) is 6.08 Å². The second-order valence-electron chi connectivity index (χ2n) is 4.83. The van der Waals surface area contributed by atoms with E-state index in [1.807, 2.05) is 24.7 Å². The van der Waals surface area contributed by atoms with Crippen molar-refractivity contribution < 1.29 is 14.3 Å². The minimum absolute atomic E-state index is 0.115. The van der Waals surface area contributed by atoms with Crippen LogP contribution in [0.15, 0.2) is 30.2 Å². The molecule has 1 aromatic heterocycles. The van der Waals surface area contributed by atoms with Crippen LogP contribution in [0.3, 0.4) is 0 Å². The fourth-order valence-corrected chi connectivity index (χ4v) is 2.27. The minimum atomic E-state index is -0.115. The Hall–Kier alpha value is -2.56. The zero-order valence-corrected chi connectivity index (χ0v) is 12.2. The molecule has 1 aliphatic rings. The number of hydrogen-bond donors (Lipinski definition) is 0. The fourth-order valence-electron chi connectivity index (χ4n) is 2.27. The van der Waals surface area contributed by atoms with E-state index in [1.54, 1.807) is 31.4 Å². The third-order valence-electron chi connectivity index (χ3n) is 3.47. The maximum Gasteiger partial charge on any atom is 0.231 e. The van der Waals surface area contributed by atoms with Crippen LogP contribution in [0.2, 0.25) is 0 Å². The van der Waals surface area contributed by atoms with E-state index in [2.05, 4.69) is 5.10 Å². The quantitative estimate of drug-likeness (QED) is 0.813. The molecule has 0 N–H and O–H groups in total. The molecule has 0 bridgehead atoms. The Balaban J connectivity index is 1.96. The topological polar surface area (TPSA) is 53.4 Å². The number of nitrogens with zero attached hydrogens (tertiary/aromatic N) is 2. The highest BCUT2D eigenvalue weighted by Gasteiger charge is 2.28. The van der Waals surface area contributed by atoms with Crippen LogP contribution in [-0.4, -0.2) is 22.7 Å². The van der Waals surface area contributed by atoms with E-state index in [4.69, 9.17) is 9.47 Å². The highest BCUT2D eigenvalue weighted by molar-refractivity contribution is 6.14. The number of hydrogen-bond acceptors (Lipinski definition) is 4. The summed E-state index contributed by atoms with van der Waals surface area (Å²) in [7, 11) is 1.58. The average molecular weight is 284 g/mol. The Morgan fingerprint density at radius 1 is 1.43 bits per heavy atom. The highest BCUT2D eigenvalue weighted by atomic mass is 16.5. The normalized spacial score (nSPS) is 15.2. The first-order valence-electron chi connectivity index (χ1n) is 6.78. The van der Waals surface area contributed by atoms with Gasteiger partial charge in [0.05, 0.1) is 18.4 Å². The average Bonchev–Trinajstić information content (AvgIpc) is 3.00. The van der Waals surface area contributed by atoms with Crippen LogP contribution in [-0.2, 0) is 6.54 Å². The maximum absolute atomic E-state index is 12.3. The molecular formula is C16H16N2O3. The number of carbonyl (C=O) groups excluding carboxylic acids is 1. The summed E-state index contributed by atoms with van der Waals surface area (Å²) >= 11 is 0. The lowest BCUT2D eigenvalue weighted by atomic mass is 10.1. The van der Waals surface area contributed by atoms with Gasteiger partial charge in [-0.1, -0.05) is 0 Å². The van der Waals surface area contributed by atoms with Crippen molar-refractivity contribution in [2.24, 2.45) is 0 Å². The summed E-state index contributed by atoms with van der Waals surface area (Å²) in [6.07, 6.45) is 3.64. The van der Waals surface area contributed by atoms with E-state index < -0.39 is 0 Å². The Morgan fingerprint density at radius 2 is 2.24 bits per heavy atom. The third kappa shape index (κ3) is 2.31. The molecule has 1 aromatic carbocycles. The molecule has 0 spiro atoms. The van der Waals surface area contributed by atoms with Crippen molar-refractivity contribution in [1.82, 2.24) is 9.78 Å². The molecule has 2 aromatic rings. The van der Waals surface area contributed by atoms with Crippen molar-refractivity contribution in [3.8, 4) is 11.5 Å². The van der Waals surface area contributed by atoms with Gasteiger partial charge < -0.3 is 9.47 Å². The van der Waals surface area contributed by atoms with Crippen LogP contribution < -0.4 is 9.47 Å². The number of aromatic nitrogens is 2. The molecule has 0 radical (unpaired) electrons. The molecule has 5 nitrogen and oxygen atoms in total. The summed E-state index contributed by atoms with van der Waals surface area (Å²) in [6, 6.07) is 5.19. The molecule has 0 atom stereocenters. The zero-order valence-electron chi connectivity index (χ0n) is 12.2. The minimum Gasteiger partial charge on any atom is -0.497 e. The first-order valence-corrected chi connectivity index (χ1v) is 6.78. The lowest BCUT2D eigenvalue weighted by Gasteiger charge is -2.01. The number of ketones is 1. The van der Waals surface area contributed by atoms with Gasteiger partial charge in [0.2, 0.25) is 5.78 Å². The molecule has 0 saturated carbocycles. The van der Waals surface area contributed by atoms with Gasteiger partial charge in [0, 0.05) is 24.4 Å². The molecular weight excluding hydrogens is 268 g/mol. The number of fused-ring (bicyclic) bond motifs is 1. The molecule has 0 unspecified atom stereocenters. The molecule has 108 valence electrons. The first kappa shape index (κ1) is 13.4. The molecule has 5 heteroatoms. The van der Waals surface area contributed by atoms with Gasteiger partial charge in [0.15, 0.2) is 5.76 Å². The van der Waals surface area contributed by atoms with Crippen molar-refractivity contribution in [2.45, 2.75) is 20.4 Å². The second kappa shape index (κ2) is 5.09. The highest BCUT2D eigenvalue weighted by Crippen LogP contribution is 2.34. The summed E-state index contributed by atoms with van der Waals surface area (Å²) in [5, 5.41) is 4.36. The molecule has 0 amide bonds. The molecule has 1 aliphatic heterocycles. The molecule has 0 saturated heterocycles. The van der Waals surface area contributed by atoms with Gasteiger partial charge in [-0.2, -0.15) is 5.10 Å². The Bertz CT molecular complexity index is 744. The summed E-state index contributed by atoms with van der Waals surface area (Å²) in [6.45, 7) is 4.72. The van der Waals surface area contributed by atoms with E-state index in [1.165, 1.54) is 0 Å². The zero-order chi connectivity index (χ0) is 15.0. The fraction of sp³-hybridized carbons (Fsp3) is 0.250. The number of allylic oxidation sites excluding steroid dienone is 1. The Morgan fingerprint density at radius 3 is 2.90 bits per heavy atom. The van der Waals surface area contributed by atoms with Crippen molar-refractivity contribution in [1.29, 1.82) is 0 Å². The van der Waals surface area contributed by atoms with E-state index >= 15 is 0 Å². The largest absolute Gasteiger partial charge is 0.497 e. The van der Waals surface area contributed by atoms with Gasteiger partial charge in [0.1, 0.15) is 11.5 Å². The predicted octanol–water partition coefficient (Wildman–Crippen LogP) is 2.84. The maximum atomic E-state index is 12.3. The molecule has 0 aliphatic carbocycles. The standard InChI is InChI=1S/C16H16N2O3/c1-4-18-9-11(10(2)17-18)7-15-16(19)13-6-5-12(20-3)8-14(13)21-15/h5-9H,4H2,1-3H3/b15-7-. The van der Waals surface area contributed by atoms with Gasteiger partial charge in [-0.15, -0.1) is 0 Å². The number of rotatable bonds is 3. The second-order valence-corrected chi connectivity index (χ2v) is 4.83. The number of Topliss-reactive ketones (excluding diaryl/α,β-unsaturated/α-hetero) is 1. The van der Waals surface area contributed by atoms with Gasteiger partial charge >= 0.3 is 0 Å². The molecule has 21 heavy (non-hydrogen) atoms. The van der Waals surface area contributed by atoms with E-state index in [9.17, 15) is 4.79 Å². The smallest absolute Gasteiger partial charge is 0.231 e. The number of carbonyl (C=O) groups is 1. The number of ether oxygens (including phenoxy) is 2. The van der Waals surface area contributed by atoms with Crippen molar-refractivity contribution in [3.05, 3.63) is 47.0 Å². The van der Waals surface area contributed by atoms with Crippen LogP contribution in [0.4, 0.5) is 0 Å². The molecule has 2 heterocycles. The van der Waals surface area contributed by atoms with Gasteiger partial charge in [-0.25, -0.2) is 0 Å². The SMILES string of the molecule is CCn1cc(/C=C2\Oc3cc(OC)ccc3C2=O)c(C)n1. The monoisotopic (exact) mass is 284 g/mol. The molecule has 3 rings (SSSR count). The van der Waals surface area contributed by atoms with Crippen molar-refractivity contribution >= 4 is 11.9 Å². The van der Waals surface area contributed by atoms with Crippen LogP contribution in [0.1, 0.15) is 28.5 Å². The number of methoxy groups -OCH3 is 1. The van der Waals surface area contributed by atoms with Crippen molar-refractivity contribution in [3.63, 3.8) is 0 Å². The van der Waals surface area contributed by atoms with E-state index in [-0.39, 0.29) is 5.78 Å². The summed E-state index contributed by atoms with van der Waals surface area (Å²) < 4.78 is 12.6. The van der Waals surface area contributed by atoms with E-state index in [0.717, 1.165) is 17.8 Å². The van der Waals surface area contributed by atoms with Crippen LogP contribution in [0.5, 0.6) is 11.5 Å². The molecule has 0 fully saturated rings. The van der Waals surface area contributed by atoms with Crippen molar-refractivity contribution in [2.75, 3.05) is 7.11 Å². The van der Waals surface area contributed by atoms with Crippen LogP contribution in [0, 0.1) is 6.92 Å². The lowest BCUT2D eigenvalue weighted by molar-refractivity contribution is 0.101. The van der Waals surface area contributed by atoms with E-state index in [0.29, 0.717) is 22.8 Å². The van der Waals surface area contributed by atoms with Crippen LogP contribution >= 0.6 is 0 Å². The Labute approximate surface area is 122 Å². The lowest BCUT2D eigenvalue weighted by Crippen LogP contribution is -1.98. The summed E-state index contributed by atoms with van der Waals surface area (Å²) in [5.74, 6) is 1.40.